The summed E-state index contributed by atoms with van der Waals surface area (Å²) in [7, 11) is 0. The predicted octanol–water partition coefficient (Wildman–Crippen LogP) is 14.5. The highest BCUT2D eigenvalue weighted by molar-refractivity contribution is 7.02. The number of para-hydroxylation sites is 4. The number of fused-ring (bicyclic) bond motifs is 10. The van der Waals surface area contributed by atoms with E-state index in [0.717, 1.165) is 81.1 Å². The molecule has 2 aliphatic carbocycles. The topological polar surface area (TPSA) is 24.9 Å². The van der Waals surface area contributed by atoms with Crippen LogP contribution in [0.3, 0.4) is 0 Å². The number of nitrogens with zero attached hydrogens (tertiary/aromatic N) is 2. The summed E-state index contributed by atoms with van der Waals surface area (Å²) in [4.78, 5) is 5.07. The van der Waals surface area contributed by atoms with Crippen LogP contribution in [0.4, 0.5) is 34.1 Å². The van der Waals surface area contributed by atoms with E-state index in [1.54, 1.807) is 0 Å². The van der Waals surface area contributed by atoms with Gasteiger partial charge in [0, 0.05) is 34.1 Å². The average molecular weight is 985 g/mol. The highest BCUT2D eigenvalue weighted by Gasteiger charge is 2.48. The normalized spacial score (nSPS) is 17.8. The second-order valence-corrected chi connectivity index (χ2v) is 25.3. The van der Waals surface area contributed by atoms with Crippen LogP contribution in [0.2, 0.25) is 0 Å². The molecule has 0 fully saturated rings. The van der Waals surface area contributed by atoms with Gasteiger partial charge in [0.2, 0.25) is 0 Å². The molecule has 6 heteroatoms. The Balaban J connectivity index is 1.000. The van der Waals surface area contributed by atoms with Crippen molar-refractivity contribution in [2.24, 2.45) is 0 Å². The van der Waals surface area contributed by atoms with E-state index < -0.39 is 0 Å². The largest absolute Gasteiger partial charge is 0.458 e. The van der Waals surface area contributed by atoms with Crippen LogP contribution in [-0.4, -0.2) is 13.4 Å². The van der Waals surface area contributed by atoms with Gasteiger partial charge in [0.05, 0.1) is 0 Å². The number of hydrogen-bond donors (Lipinski definition) is 0. The van der Waals surface area contributed by atoms with Gasteiger partial charge in [-0.05, 0) is 191 Å². The van der Waals surface area contributed by atoms with Crippen LogP contribution in [-0.2, 0) is 21.7 Å². The van der Waals surface area contributed by atoms with Crippen LogP contribution >= 0.6 is 0 Å². The van der Waals surface area contributed by atoms with Crippen molar-refractivity contribution in [2.75, 3.05) is 9.80 Å². The second-order valence-electron chi connectivity index (χ2n) is 25.3. The summed E-state index contributed by atoms with van der Waals surface area (Å²) < 4.78 is 14.3. The number of anilines is 6. The summed E-state index contributed by atoms with van der Waals surface area (Å²) in [5.74, 6) is 3.64. The second kappa shape index (κ2) is 15.9. The minimum atomic E-state index is -0.0886. The Morgan fingerprint density at radius 1 is 0.316 bits per heavy atom. The van der Waals surface area contributed by atoms with Gasteiger partial charge in [-0.3, -0.25) is 0 Å². The molecule has 0 aromatic heterocycles. The molecule has 4 heterocycles. The lowest BCUT2D eigenvalue weighted by molar-refractivity contribution is 0.332. The first kappa shape index (κ1) is 45.7. The van der Waals surface area contributed by atoms with E-state index in [4.69, 9.17) is 9.47 Å². The Hall–Kier alpha value is -7.69. The van der Waals surface area contributed by atoms with E-state index in [1.807, 2.05) is 0 Å². The van der Waals surface area contributed by atoms with Crippen molar-refractivity contribution < 1.29 is 9.47 Å². The van der Waals surface area contributed by atoms with Crippen molar-refractivity contribution >= 4 is 80.3 Å². The summed E-state index contributed by atoms with van der Waals surface area (Å²) in [6.45, 7) is 19.2. The predicted molar refractivity (Wildman–Crippen MR) is 320 cm³/mol. The molecule has 0 saturated carbocycles. The Morgan fingerprint density at radius 3 is 1.12 bits per heavy atom. The van der Waals surface area contributed by atoms with Gasteiger partial charge in [-0.2, -0.15) is 0 Å². The van der Waals surface area contributed by atoms with Crippen molar-refractivity contribution in [1.29, 1.82) is 0 Å². The molecule has 4 aliphatic heterocycles. The van der Waals surface area contributed by atoms with Gasteiger partial charge in [0.1, 0.15) is 23.0 Å². The average Bonchev–Trinajstić information content (AvgIpc) is 3.43. The third-order valence-electron chi connectivity index (χ3n) is 18.9. The molecule has 0 bridgehead atoms. The molecule has 9 aromatic carbocycles. The maximum Gasteiger partial charge on any atom is 0.256 e. The van der Waals surface area contributed by atoms with Crippen LogP contribution < -0.4 is 52.1 Å². The van der Waals surface area contributed by atoms with Gasteiger partial charge in [-0.15, -0.1) is 0 Å². The Bertz CT molecular complexity index is 3680. The molecule has 6 aliphatic rings. The van der Waals surface area contributed by atoms with Crippen molar-refractivity contribution in [1.82, 2.24) is 0 Å². The Morgan fingerprint density at radius 2 is 0.697 bits per heavy atom. The number of ether oxygens (including phenoxy) is 2. The van der Waals surface area contributed by atoms with Crippen molar-refractivity contribution in [3.63, 3.8) is 0 Å². The SMILES string of the molecule is CC1(C)CCC(C)(C)c2cc(-c3cc4c5c(c3)N(c3ccccc3)c3cc6c(cc3B5c3ccccc3O4)B3c4ccccc4Oc4cc(-c5ccc7c(c5)C(C)(C)CCC7(C)C)cc(c43)N6c3ccccc3)ccc21. The van der Waals surface area contributed by atoms with Crippen LogP contribution in [0, 0.1) is 0 Å². The van der Waals surface area contributed by atoms with E-state index in [0.29, 0.717) is 0 Å². The fraction of sp³-hybridized carbons (Fsp3) is 0.229. The van der Waals surface area contributed by atoms with Crippen molar-refractivity contribution in [3.05, 3.63) is 204 Å². The molecule has 9 aromatic rings. The van der Waals surface area contributed by atoms with Crippen molar-refractivity contribution in [2.45, 2.75) is 103 Å². The van der Waals surface area contributed by atoms with Crippen LogP contribution in [0.5, 0.6) is 23.0 Å². The monoisotopic (exact) mass is 984 g/mol. The third kappa shape index (κ3) is 6.65. The fourth-order valence-corrected chi connectivity index (χ4v) is 14.5. The zero-order valence-corrected chi connectivity index (χ0v) is 45.0. The third-order valence-corrected chi connectivity index (χ3v) is 18.9. The highest BCUT2D eigenvalue weighted by Crippen LogP contribution is 2.52. The van der Waals surface area contributed by atoms with Gasteiger partial charge in [-0.25, -0.2) is 0 Å². The lowest BCUT2D eigenvalue weighted by atomic mass is 9.31. The first-order valence-electron chi connectivity index (χ1n) is 27.7. The molecule has 15 rings (SSSR count). The van der Waals surface area contributed by atoms with Gasteiger partial charge in [0.25, 0.3) is 13.4 Å². The number of hydrogen-bond acceptors (Lipinski definition) is 4. The smallest absolute Gasteiger partial charge is 0.256 e. The van der Waals surface area contributed by atoms with E-state index in [2.05, 4.69) is 247 Å². The molecule has 76 heavy (non-hydrogen) atoms. The van der Waals surface area contributed by atoms with Gasteiger partial charge in [-0.1, -0.05) is 171 Å². The standard InChI is InChI=1S/C70H62B2N2O2/c1-67(2)31-33-69(5,6)51-35-43(27-29-49(51)67)45-37-59-65-63(39-45)75-61-25-17-15-23-53(61)71(65)55-41-56-58(42-57(55)73(59)47-19-11-9-12-20-47)74(48-21-13-10-14-22-48)60-38-46(40-64-66(60)72(56)54-24-16-18-26-62(54)76-64)44-28-30-50-52(36-44)70(7,8)34-32-68(50,3)4/h9-30,35-42H,31-34H2,1-8H3. The molecule has 0 amide bonds. The molecule has 0 spiro atoms. The molecule has 370 valence electrons. The van der Waals surface area contributed by atoms with E-state index in [-0.39, 0.29) is 35.1 Å². The van der Waals surface area contributed by atoms with E-state index >= 15 is 0 Å². The zero-order valence-electron chi connectivity index (χ0n) is 45.0. The lowest BCUT2D eigenvalue weighted by Gasteiger charge is -2.44. The fourth-order valence-electron chi connectivity index (χ4n) is 14.5. The highest BCUT2D eigenvalue weighted by atomic mass is 16.5. The molecule has 0 radical (unpaired) electrons. The first-order valence-corrected chi connectivity index (χ1v) is 27.7. The summed E-state index contributed by atoms with van der Waals surface area (Å²) in [6.07, 6.45) is 4.69. The molecular formula is C70H62B2N2O2. The molecule has 0 unspecified atom stereocenters. The molecule has 0 N–H and O–H groups in total. The maximum atomic E-state index is 7.17. The maximum absolute atomic E-state index is 7.17. The Kier molecular flexibility index (Phi) is 9.57. The molecule has 4 nitrogen and oxygen atoms in total. The number of benzene rings is 9. The minimum absolute atomic E-state index is 0.0718. The minimum Gasteiger partial charge on any atom is -0.458 e. The summed E-state index contributed by atoms with van der Waals surface area (Å²) in [6, 6.07) is 68.7. The van der Waals surface area contributed by atoms with Crippen molar-refractivity contribution in [3.8, 4) is 45.3 Å². The lowest BCUT2D eigenvalue weighted by Crippen LogP contribution is -2.63. The Labute approximate surface area is 449 Å². The van der Waals surface area contributed by atoms with Gasteiger partial charge < -0.3 is 19.3 Å². The van der Waals surface area contributed by atoms with Crippen LogP contribution in [0.1, 0.15) is 103 Å². The van der Waals surface area contributed by atoms with Crippen LogP contribution in [0.15, 0.2) is 182 Å². The van der Waals surface area contributed by atoms with E-state index in [9.17, 15) is 0 Å². The first-order chi connectivity index (χ1) is 36.6. The number of rotatable bonds is 4. The van der Waals surface area contributed by atoms with Gasteiger partial charge >= 0.3 is 0 Å². The quantitative estimate of drug-likeness (QED) is 0.164. The summed E-state index contributed by atoms with van der Waals surface area (Å²) >= 11 is 0. The summed E-state index contributed by atoms with van der Waals surface area (Å²) in [5, 5.41) is 0. The van der Waals surface area contributed by atoms with Crippen LogP contribution in [0.25, 0.3) is 22.3 Å². The van der Waals surface area contributed by atoms with Gasteiger partial charge in [0.15, 0.2) is 0 Å². The molecule has 0 saturated heterocycles. The zero-order chi connectivity index (χ0) is 51.6. The van der Waals surface area contributed by atoms with E-state index in [1.165, 1.54) is 79.0 Å². The molecule has 0 atom stereocenters. The summed E-state index contributed by atoms with van der Waals surface area (Å²) in [5.41, 5.74) is 25.1. The molecular weight excluding hydrogens is 922 g/mol.